The van der Waals surface area contributed by atoms with Crippen LogP contribution >= 0.6 is 0 Å². The van der Waals surface area contributed by atoms with E-state index in [0.29, 0.717) is 6.54 Å². The molecule has 0 fully saturated rings. The summed E-state index contributed by atoms with van der Waals surface area (Å²) < 4.78 is 0. The molecule has 0 bridgehead atoms. The summed E-state index contributed by atoms with van der Waals surface area (Å²) in [7, 11) is 0. The zero-order valence-electron chi connectivity index (χ0n) is 14.1. The van der Waals surface area contributed by atoms with Crippen LogP contribution in [0.15, 0.2) is 24.3 Å². The minimum absolute atomic E-state index is 0.00429. The SMILES string of the molecule is Cc1cccc(C(C)C(=O)NCC(C)(C)C(O)C(C)C)c1. The summed E-state index contributed by atoms with van der Waals surface area (Å²) in [4.78, 5) is 12.3. The minimum atomic E-state index is -0.438. The summed E-state index contributed by atoms with van der Waals surface area (Å²) >= 11 is 0. The molecular formula is C18H29NO2. The maximum Gasteiger partial charge on any atom is 0.227 e. The van der Waals surface area contributed by atoms with Crippen molar-refractivity contribution >= 4 is 5.91 Å². The van der Waals surface area contributed by atoms with Gasteiger partial charge in [0.05, 0.1) is 12.0 Å². The summed E-state index contributed by atoms with van der Waals surface area (Å²) in [5.74, 6) is -0.00683. The van der Waals surface area contributed by atoms with Crippen molar-refractivity contribution in [3.8, 4) is 0 Å². The Bertz CT molecular complexity index is 480. The largest absolute Gasteiger partial charge is 0.392 e. The molecule has 1 rings (SSSR count). The molecular weight excluding hydrogens is 262 g/mol. The third-order valence-electron chi connectivity index (χ3n) is 4.09. The smallest absolute Gasteiger partial charge is 0.227 e. The molecule has 1 aromatic rings. The summed E-state index contributed by atoms with van der Waals surface area (Å²) in [5.41, 5.74) is 1.84. The topological polar surface area (TPSA) is 49.3 Å². The molecule has 21 heavy (non-hydrogen) atoms. The number of hydrogen-bond donors (Lipinski definition) is 2. The van der Waals surface area contributed by atoms with Crippen LogP contribution in [0.25, 0.3) is 0 Å². The van der Waals surface area contributed by atoms with Crippen LogP contribution in [0.4, 0.5) is 0 Å². The van der Waals surface area contributed by atoms with Crippen molar-refractivity contribution in [3.63, 3.8) is 0 Å². The van der Waals surface area contributed by atoms with E-state index in [1.807, 2.05) is 65.8 Å². The first kappa shape index (κ1) is 17.7. The van der Waals surface area contributed by atoms with Crippen molar-refractivity contribution in [2.75, 3.05) is 6.54 Å². The number of carbonyl (C=O) groups excluding carboxylic acids is 1. The third kappa shape index (κ3) is 4.85. The average molecular weight is 291 g/mol. The van der Waals surface area contributed by atoms with Crippen molar-refractivity contribution < 1.29 is 9.90 Å². The van der Waals surface area contributed by atoms with Crippen molar-refractivity contribution in [1.82, 2.24) is 5.32 Å². The van der Waals surface area contributed by atoms with Gasteiger partial charge in [0.2, 0.25) is 5.91 Å². The Morgan fingerprint density at radius 1 is 1.29 bits per heavy atom. The first-order valence-electron chi connectivity index (χ1n) is 7.67. The van der Waals surface area contributed by atoms with Gasteiger partial charge in [-0.05, 0) is 25.3 Å². The molecule has 0 aliphatic rings. The molecule has 2 N–H and O–H groups in total. The molecule has 3 nitrogen and oxygen atoms in total. The van der Waals surface area contributed by atoms with Gasteiger partial charge in [-0.2, -0.15) is 0 Å². The van der Waals surface area contributed by atoms with Gasteiger partial charge < -0.3 is 10.4 Å². The Morgan fingerprint density at radius 2 is 1.90 bits per heavy atom. The maximum atomic E-state index is 12.3. The van der Waals surface area contributed by atoms with E-state index in [1.165, 1.54) is 0 Å². The number of amides is 1. The van der Waals surface area contributed by atoms with Gasteiger partial charge in [-0.3, -0.25) is 4.79 Å². The molecule has 118 valence electrons. The summed E-state index contributed by atoms with van der Waals surface area (Å²) in [6.45, 7) is 12.4. The van der Waals surface area contributed by atoms with Crippen LogP contribution in [-0.2, 0) is 4.79 Å². The highest BCUT2D eigenvalue weighted by molar-refractivity contribution is 5.83. The molecule has 3 heteroatoms. The van der Waals surface area contributed by atoms with Crippen LogP contribution in [0, 0.1) is 18.3 Å². The number of hydrogen-bond acceptors (Lipinski definition) is 2. The Morgan fingerprint density at radius 3 is 2.43 bits per heavy atom. The fourth-order valence-corrected chi connectivity index (χ4v) is 2.57. The molecule has 0 saturated heterocycles. The molecule has 1 amide bonds. The van der Waals surface area contributed by atoms with Crippen LogP contribution in [0.2, 0.25) is 0 Å². The molecule has 2 atom stereocenters. The first-order chi connectivity index (χ1) is 9.65. The number of aliphatic hydroxyl groups excluding tert-OH is 1. The Balaban J connectivity index is 2.65. The highest BCUT2D eigenvalue weighted by Gasteiger charge is 2.31. The Kier molecular flexibility index (Phi) is 5.97. The number of aliphatic hydroxyl groups is 1. The number of benzene rings is 1. The predicted octanol–water partition coefficient (Wildman–Crippen LogP) is 3.26. The van der Waals surface area contributed by atoms with E-state index in [1.54, 1.807) is 0 Å². The van der Waals surface area contributed by atoms with E-state index in [2.05, 4.69) is 5.32 Å². The van der Waals surface area contributed by atoms with Gasteiger partial charge in [0, 0.05) is 12.0 Å². The van der Waals surface area contributed by atoms with Crippen LogP contribution in [-0.4, -0.2) is 23.7 Å². The Hall–Kier alpha value is -1.35. The first-order valence-corrected chi connectivity index (χ1v) is 7.67. The molecule has 0 aromatic heterocycles. The summed E-state index contributed by atoms with van der Waals surface area (Å²) in [6.07, 6.45) is -0.438. The quantitative estimate of drug-likeness (QED) is 0.845. The van der Waals surface area contributed by atoms with E-state index in [-0.39, 0.29) is 23.2 Å². The molecule has 0 aliphatic carbocycles. The van der Waals surface area contributed by atoms with Crippen LogP contribution in [0.5, 0.6) is 0 Å². The monoisotopic (exact) mass is 291 g/mol. The number of aryl methyl sites for hydroxylation is 1. The highest BCUT2D eigenvalue weighted by Crippen LogP contribution is 2.25. The van der Waals surface area contributed by atoms with E-state index >= 15 is 0 Å². The van der Waals surface area contributed by atoms with Crippen molar-refractivity contribution in [1.29, 1.82) is 0 Å². The fraction of sp³-hybridized carbons (Fsp3) is 0.611. The van der Waals surface area contributed by atoms with Gasteiger partial charge in [0.1, 0.15) is 0 Å². The molecule has 2 unspecified atom stereocenters. The lowest BCUT2D eigenvalue weighted by atomic mass is 9.80. The standard InChI is InChI=1S/C18H29NO2/c1-12(2)16(20)18(5,6)11-19-17(21)14(4)15-9-7-8-13(3)10-15/h7-10,12,14,16,20H,11H2,1-6H3,(H,19,21). The second-order valence-corrected chi connectivity index (χ2v) is 7.03. The zero-order valence-corrected chi connectivity index (χ0v) is 14.1. The van der Waals surface area contributed by atoms with Crippen molar-refractivity contribution in [2.45, 2.75) is 53.6 Å². The lowest BCUT2D eigenvalue weighted by Crippen LogP contribution is -2.44. The number of nitrogens with one attached hydrogen (secondary N) is 1. The zero-order chi connectivity index (χ0) is 16.2. The number of carbonyl (C=O) groups is 1. The third-order valence-corrected chi connectivity index (χ3v) is 4.09. The highest BCUT2D eigenvalue weighted by atomic mass is 16.3. The Labute approximate surface area is 128 Å². The molecule has 0 aliphatic heterocycles. The van der Waals surface area contributed by atoms with Gasteiger partial charge in [0.15, 0.2) is 0 Å². The van der Waals surface area contributed by atoms with Crippen molar-refractivity contribution in [2.24, 2.45) is 11.3 Å². The maximum absolute atomic E-state index is 12.3. The fourth-order valence-electron chi connectivity index (χ4n) is 2.57. The second-order valence-electron chi connectivity index (χ2n) is 7.03. The van der Waals surface area contributed by atoms with Gasteiger partial charge in [0.25, 0.3) is 0 Å². The van der Waals surface area contributed by atoms with Gasteiger partial charge in [-0.1, -0.05) is 57.5 Å². The molecule has 0 saturated carbocycles. The average Bonchev–Trinajstić information content (AvgIpc) is 2.43. The lowest BCUT2D eigenvalue weighted by molar-refractivity contribution is -0.123. The van der Waals surface area contributed by atoms with E-state index < -0.39 is 6.10 Å². The lowest BCUT2D eigenvalue weighted by Gasteiger charge is -2.33. The van der Waals surface area contributed by atoms with Gasteiger partial charge >= 0.3 is 0 Å². The van der Waals surface area contributed by atoms with Crippen LogP contribution in [0.1, 0.15) is 51.7 Å². The van der Waals surface area contributed by atoms with E-state index in [9.17, 15) is 9.90 Å². The van der Waals surface area contributed by atoms with E-state index in [0.717, 1.165) is 11.1 Å². The predicted molar refractivity (Wildman–Crippen MR) is 87.2 cm³/mol. The normalized spacial score (nSPS) is 14.9. The van der Waals surface area contributed by atoms with Crippen LogP contribution in [0.3, 0.4) is 0 Å². The number of rotatable bonds is 6. The summed E-state index contributed by atoms with van der Waals surface area (Å²) in [5, 5.41) is 13.2. The summed E-state index contributed by atoms with van der Waals surface area (Å²) in [6, 6.07) is 8.01. The molecule has 0 radical (unpaired) electrons. The minimum Gasteiger partial charge on any atom is -0.392 e. The van der Waals surface area contributed by atoms with Gasteiger partial charge in [-0.15, -0.1) is 0 Å². The van der Waals surface area contributed by atoms with E-state index in [4.69, 9.17) is 0 Å². The molecule has 0 heterocycles. The van der Waals surface area contributed by atoms with Gasteiger partial charge in [-0.25, -0.2) is 0 Å². The second kappa shape index (κ2) is 7.08. The molecule has 1 aromatic carbocycles. The van der Waals surface area contributed by atoms with Crippen molar-refractivity contribution in [3.05, 3.63) is 35.4 Å². The molecule has 0 spiro atoms. The van der Waals surface area contributed by atoms with Crippen LogP contribution < -0.4 is 5.32 Å².